The Kier molecular flexibility index (Phi) is 1.47. The molecule has 11 heavy (non-hydrogen) atoms. The molecule has 0 aliphatic carbocycles. The molecule has 0 saturated heterocycles. The highest BCUT2D eigenvalue weighted by Crippen LogP contribution is 2.17. The van der Waals surface area contributed by atoms with Crippen LogP contribution in [0.2, 0.25) is 0 Å². The monoisotopic (exact) mass is 165 g/mol. The van der Waals surface area contributed by atoms with E-state index in [-0.39, 0.29) is 0 Å². The van der Waals surface area contributed by atoms with Crippen molar-refractivity contribution < 1.29 is 4.74 Å². The second kappa shape index (κ2) is 2.47. The molecule has 0 amide bonds. The summed E-state index contributed by atoms with van der Waals surface area (Å²) in [7, 11) is 1.60. The van der Waals surface area contributed by atoms with Gasteiger partial charge in [0.25, 0.3) is 0 Å². The molecule has 1 radical (unpaired) electrons. The van der Waals surface area contributed by atoms with Gasteiger partial charge in [0.2, 0.25) is 5.88 Å². The van der Waals surface area contributed by atoms with Crippen LogP contribution in [0, 0.1) is 5.51 Å². The third kappa shape index (κ3) is 1.05. The molecule has 0 fully saturated rings. The first kappa shape index (κ1) is 6.54. The van der Waals surface area contributed by atoms with Crippen LogP contribution >= 0.6 is 11.3 Å². The Morgan fingerprint density at radius 3 is 3.27 bits per heavy atom. The fraction of sp³-hybridized carbons (Fsp3) is 0.143. The van der Waals surface area contributed by atoms with Crippen molar-refractivity contribution in [2.75, 3.05) is 7.11 Å². The number of aromatic nitrogens is 2. The molecule has 2 heterocycles. The summed E-state index contributed by atoms with van der Waals surface area (Å²) in [5.41, 5.74) is 3.63. The first-order valence-electron chi connectivity index (χ1n) is 3.08. The minimum Gasteiger partial charge on any atom is -0.481 e. The first-order valence-corrected chi connectivity index (χ1v) is 3.89. The molecule has 4 heteroatoms. The highest BCUT2D eigenvalue weighted by Gasteiger charge is 1.98. The van der Waals surface area contributed by atoms with Gasteiger partial charge in [0.15, 0.2) is 5.51 Å². The van der Waals surface area contributed by atoms with Crippen molar-refractivity contribution in [1.82, 2.24) is 9.97 Å². The fourth-order valence-electron chi connectivity index (χ4n) is 0.805. The minimum absolute atomic E-state index is 0.621. The minimum atomic E-state index is 0.621. The van der Waals surface area contributed by atoms with Crippen LogP contribution in [0.4, 0.5) is 0 Å². The zero-order valence-electron chi connectivity index (χ0n) is 5.87. The molecule has 2 aromatic rings. The van der Waals surface area contributed by atoms with Gasteiger partial charge in [0.1, 0.15) is 10.3 Å². The van der Waals surface area contributed by atoms with Crippen LogP contribution in [0.15, 0.2) is 12.1 Å². The van der Waals surface area contributed by atoms with Crippen LogP contribution in [0.5, 0.6) is 5.88 Å². The van der Waals surface area contributed by atoms with Crippen molar-refractivity contribution in [3.8, 4) is 5.88 Å². The fourth-order valence-corrected chi connectivity index (χ4v) is 1.39. The van der Waals surface area contributed by atoms with E-state index in [2.05, 4.69) is 15.5 Å². The Labute approximate surface area is 67.7 Å². The molecular weight excluding hydrogens is 160 g/mol. The predicted octanol–water partition coefficient (Wildman–Crippen LogP) is 1.50. The Hall–Kier alpha value is -1.16. The number of thiazole rings is 1. The van der Waals surface area contributed by atoms with E-state index in [9.17, 15) is 0 Å². The predicted molar refractivity (Wildman–Crippen MR) is 42.8 cm³/mol. The van der Waals surface area contributed by atoms with Gasteiger partial charge in [-0.25, -0.2) is 9.97 Å². The Bertz CT molecular complexity index is 371. The highest BCUT2D eigenvalue weighted by molar-refractivity contribution is 7.15. The second-order valence-electron chi connectivity index (χ2n) is 1.98. The molecule has 2 rings (SSSR count). The number of nitrogens with zero attached hydrogens (tertiary/aromatic N) is 2. The Morgan fingerprint density at radius 2 is 2.45 bits per heavy atom. The standard InChI is InChI=1S/C7H5N2OS/c1-10-6-3-2-5-7(9-6)11-4-8-5/h2-3H,1H3. The third-order valence-corrected chi connectivity index (χ3v) is 2.01. The van der Waals surface area contributed by atoms with Crippen molar-refractivity contribution in [2.45, 2.75) is 0 Å². The SMILES string of the molecule is COc1ccc2n[c]sc2n1. The lowest BCUT2D eigenvalue weighted by Gasteiger charge is -1.94. The van der Waals surface area contributed by atoms with E-state index >= 15 is 0 Å². The van der Waals surface area contributed by atoms with E-state index < -0.39 is 0 Å². The van der Waals surface area contributed by atoms with Gasteiger partial charge in [-0.3, -0.25) is 0 Å². The van der Waals surface area contributed by atoms with Gasteiger partial charge < -0.3 is 4.74 Å². The third-order valence-electron chi connectivity index (χ3n) is 1.33. The maximum absolute atomic E-state index is 4.95. The molecule has 0 aromatic carbocycles. The smallest absolute Gasteiger partial charge is 0.214 e. The van der Waals surface area contributed by atoms with E-state index in [0.29, 0.717) is 5.88 Å². The van der Waals surface area contributed by atoms with Gasteiger partial charge in [-0.2, -0.15) is 0 Å². The van der Waals surface area contributed by atoms with Gasteiger partial charge >= 0.3 is 0 Å². The van der Waals surface area contributed by atoms with Gasteiger partial charge in [0.05, 0.1) is 7.11 Å². The second-order valence-corrected chi connectivity index (χ2v) is 2.76. The zero-order valence-corrected chi connectivity index (χ0v) is 6.68. The van der Waals surface area contributed by atoms with Crippen molar-refractivity contribution >= 4 is 21.7 Å². The maximum Gasteiger partial charge on any atom is 0.214 e. The van der Waals surface area contributed by atoms with Crippen molar-refractivity contribution in [3.05, 3.63) is 17.6 Å². The van der Waals surface area contributed by atoms with Gasteiger partial charge in [-0.1, -0.05) is 11.3 Å². The van der Waals surface area contributed by atoms with Crippen LogP contribution in [0.25, 0.3) is 10.3 Å². The summed E-state index contributed by atoms with van der Waals surface area (Å²) in [4.78, 5) is 8.99. The molecule has 3 nitrogen and oxygen atoms in total. The molecule has 0 aliphatic heterocycles. The molecule has 55 valence electrons. The Balaban J connectivity index is 2.67. The largest absolute Gasteiger partial charge is 0.481 e. The summed E-state index contributed by atoms with van der Waals surface area (Å²) in [5.74, 6) is 0.621. The van der Waals surface area contributed by atoms with Gasteiger partial charge in [-0.05, 0) is 6.07 Å². The molecule has 2 aromatic heterocycles. The number of hydrogen-bond acceptors (Lipinski definition) is 4. The number of rotatable bonds is 1. The van der Waals surface area contributed by atoms with Crippen LogP contribution < -0.4 is 4.74 Å². The summed E-state index contributed by atoms with van der Waals surface area (Å²) in [6.45, 7) is 0. The van der Waals surface area contributed by atoms with Crippen molar-refractivity contribution in [2.24, 2.45) is 0 Å². The lowest BCUT2D eigenvalue weighted by Crippen LogP contribution is -1.85. The lowest BCUT2D eigenvalue weighted by molar-refractivity contribution is 0.400. The normalized spacial score (nSPS) is 10.3. The lowest BCUT2D eigenvalue weighted by atomic mass is 10.4. The molecule has 0 unspecified atom stereocenters. The zero-order chi connectivity index (χ0) is 7.68. The maximum atomic E-state index is 4.95. The number of ether oxygens (including phenoxy) is 1. The van der Waals surface area contributed by atoms with Crippen LogP contribution in [0.1, 0.15) is 0 Å². The van der Waals surface area contributed by atoms with Crippen molar-refractivity contribution in [3.63, 3.8) is 0 Å². The first-order chi connectivity index (χ1) is 5.40. The molecule has 0 aliphatic rings. The summed E-state index contributed by atoms with van der Waals surface area (Å²) in [5, 5.41) is 0. The van der Waals surface area contributed by atoms with E-state index in [1.165, 1.54) is 11.3 Å². The molecular formula is C7H5N2OS. The van der Waals surface area contributed by atoms with E-state index in [4.69, 9.17) is 4.74 Å². The average molecular weight is 165 g/mol. The molecule has 0 N–H and O–H groups in total. The van der Waals surface area contributed by atoms with Crippen LogP contribution in [-0.2, 0) is 0 Å². The number of fused-ring (bicyclic) bond motifs is 1. The summed E-state index contributed by atoms with van der Waals surface area (Å²) >= 11 is 1.39. The molecule has 0 saturated carbocycles. The van der Waals surface area contributed by atoms with Gasteiger partial charge in [0, 0.05) is 6.07 Å². The highest BCUT2D eigenvalue weighted by atomic mass is 32.1. The number of methoxy groups -OCH3 is 1. The Morgan fingerprint density at radius 1 is 1.55 bits per heavy atom. The topological polar surface area (TPSA) is 35.0 Å². The van der Waals surface area contributed by atoms with Crippen molar-refractivity contribution in [1.29, 1.82) is 0 Å². The summed E-state index contributed by atoms with van der Waals surface area (Å²) < 4.78 is 4.95. The number of hydrogen-bond donors (Lipinski definition) is 0. The van der Waals surface area contributed by atoms with Crippen LogP contribution in [-0.4, -0.2) is 17.1 Å². The number of pyridine rings is 1. The average Bonchev–Trinajstić information content (AvgIpc) is 2.50. The quantitative estimate of drug-likeness (QED) is 0.642. The molecule has 0 spiro atoms. The van der Waals surface area contributed by atoms with Gasteiger partial charge in [-0.15, -0.1) is 0 Å². The molecule has 0 bridgehead atoms. The summed E-state index contributed by atoms with van der Waals surface area (Å²) in [6.07, 6.45) is 0. The molecule has 0 atom stereocenters. The van der Waals surface area contributed by atoms with Crippen LogP contribution in [0.3, 0.4) is 0 Å². The van der Waals surface area contributed by atoms with E-state index in [0.717, 1.165) is 10.3 Å². The summed E-state index contributed by atoms with van der Waals surface area (Å²) in [6, 6.07) is 3.66. The van der Waals surface area contributed by atoms with E-state index in [1.54, 1.807) is 13.2 Å². The van der Waals surface area contributed by atoms with E-state index in [1.807, 2.05) is 6.07 Å².